The summed E-state index contributed by atoms with van der Waals surface area (Å²) in [5.41, 5.74) is -0.809. The standard InChI is InChI=1S/C20H35NO6/c1-3-16-5-7-17(8-6-16)19(25)27-15-20(2,13-23)14-26-18(24)9-11-21-10-4-12-22/h12,16-17,21,23H,3-11,13-15H2,1-2H3. The Bertz CT molecular complexity index is 461. The van der Waals surface area contributed by atoms with Gasteiger partial charge in [0.05, 0.1) is 24.4 Å². The van der Waals surface area contributed by atoms with Gasteiger partial charge in [-0.3, -0.25) is 9.59 Å². The molecule has 0 aliphatic heterocycles. The fraction of sp³-hybridized carbons (Fsp3) is 0.850. The van der Waals surface area contributed by atoms with Crippen LogP contribution in [0.25, 0.3) is 0 Å². The maximum atomic E-state index is 12.3. The predicted octanol–water partition coefficient (Wildman–Crippen LogP) is 1.86. The van der Waals surface area contributed by atoms with Crippen molar-refractivity contribution in [3.63, 3.8) is 0 Å². The van der Waals surface area contributed by atoms with Crippen LogP contribution in [-0.2, 0) is 23.9 Å². The monoisotopic (exact) mass is 385 g/mol. The van der Waals surface area contributed by atoms with Gasteiger partial charge in [-0.05, 0) is 31.6 Å². The summed E-state index contributed by atoms with van der Waals surface area (Å²) < 4.78 is 10.6. The summed E-state index contributed by atoms with van der Waals surface area (Å²) in [6.07, 6.45) is 6.40. The molecule has 2 N–H and O–H groups in total. The van der Waals surface area contributed by atoms with Crippen LogP contribution in [0.2, 0.25) is 0 Å². The van der Waals surface area contributed by atoms with Crippen LogP contribution < -0.4 is 5.32 Å². The van der Waals surface area contributed by atoms with Crippen LogP contribution in [0.3, 0.4) is 0 Å². The molecule has 0 radical (unpaired) electrons. The number of aliphatic hydroxyl groups excluding tert-OH is 1. The lowest BCUT2D eigenvalue weighted by Crippen LogP contribution is -2.36. The Morgan fingerprint density at radius 1 is 1.15 bits per heavy atom. The number of aldehydes is 1. The smallest absolute Gasteiger partial charge is 0.308 e. The van der Waals surface area contributed by atoms with Crippen LogP contribution in [0.1, 0.15) is 58.8 Å². The first-order valence-electron chi connectivity index (χ1n) is 10.0. The third kappa shape index (κ3) is 9.33. The van der Waals surface area contributed by atoms with E-state index in [1.807, 2.05) is 0 Å². The Labute approximate surface area is 162 Å². The number of hydrogen-bond donors (Lipinski definition) is 2. The van der Waals surface area contributed by atoms with Crippen LogP contribution >= 0.6 is 0 Å². The quantitative estimate of drug-likeness (QED) is 0.283. The summed E-state index contributed by atoms with van der Waals surface area (Å²) in [5, 5.41) is 12.6. The van der Waals surface area contributed by atoms with Gasteiger partial charge in [-0.25, -0.2) is 0 Å². The van der Waals surface area contributed by atoms with Crippen molar-refractivity contribution >= 4 is 18.2 Å². The number of nitrogens with one attached hydrogen (secondary N) is 1. The summed E-state index contributed by atoms with van der Waals surface area (Å²) in [4.78, 5) is 34.2. The molecule has 7 nitrogen and oxygen atoms in total. The van der Waals surface area contributed by atoms with Crippen LogP contribution in [0.4, 0.5) is 0 Å². The minimum absolute atomic E-state index is 0.00741. The van der Waals surface area contributed by atoms with Crippen LogP contribution in [0.15, 0.2) is 0 Å². The zero-order valence-electron chi connectivity index (χ0n) is 16.7. The number of ether oxygens (including phenoxy) is 2. The highest BCUT2D eigenvalue weighted by atomic mass is 16.5. The summed E-state index contributed by atoms with van der Waals surface area (Å²) in [5.74, 6) is 0.0484. The third-order valence-electron chi connectivity index (χ3n) is 5.23. The number of aliphatic hydroxyl groups is 1. The molecule has 0 aromatic rings. The Hall–Kier alpha value is -1.47. The van der Waals surface area contributed by atoms with E-state index in [0.717, 1.165) is 38.4 Å². The zero-order chi connectivity index (χ0) is 20.1. The second kappa shape index (κ2) is 12.8. The van der Waals surface area contributed by atoms with E-state index >= 15 is 0 Å². The van der Waals surface area contributed by atoms with Gasteiger partial charge >= 0.3 is 11.9 Å². The highest BCUT2D eigenvalue weighted by molar-refractivity contribution is 5.72. The molecule has 0 aromatic carbocycles. The lowest BCUT2D eigenvalue weighted by molar-refractivity contribution is -0.159. The molecule has 0 saturated heterocycles. The van der Waals surface area contributed by atoms with E-state index in [1.165, 1.54) is 0 Å². The lowest BCUT2D eigenvalue weighted by atomic mass is 9.81. The van der Waals surface area contributed by atoms with Gasteiger partial charge in [0.1, 0.15) is 19.5 Å². The number of carbonyl (C=O) groups is 3. The normalized spacial score (nSPS) is 21.9. The van der Waals surface area contributed by atoms with Gasteiger partial charge in [0, 0.05) is 19.5 Å². The number of carbonyl (C=O) groups excluding carboxylic acids is 3. The molecule has 0 amide bonds. The highest BCUT2D eigenvalue weighted by Crippen LogP contribution is 2.31. The second-order valence-corrected chi connectivity index (χ2v) is 7.82. The van der Waals surface area contributed by atoms with Crippen molar-refractivity contribution in [3.8, 4) is 0 Å². The molecular weight excluding hydrogens is 350 g/mol. The average Bonchev–Trinajstić information content (AvgIpc) is 2.70. The molecule has 0 aromatic heterocycles. The number of rotatable bonds is 13. The van der Waals surface area contributed by atoms with Gasteiger partial charge in [-0.2, -0.15) is 0 Å². The second-order valence-electron chi connectivity index (χ2n) is 7.82. The first-order valence-corrected chi connectivity index (χ1v) is 10.0. The molecule has 27 heavy (non-hydrogen) atoms. The Morgan fingerprint density at radius 3 is 2.41 bits per heavy atom. The molecule has 1 aliphatic carbocycles. The topological polar surface area (TPSA) is 102 Å². The van der Waals surface area contributed by atoms with Gasteiger partial charge in [0.2, 0.25) is 0 Å². The number of hydrogen-bond acceptors (Lipinski definition) is 7. The van der Waals surface area contributed by atoms with Crippen molar-refractivity contribution in [2.75, 3.05) is 32.9 Å². The van der Waals surface area contributed by atoms with E-state index in [4.69, 9.17) is 9.47 Å². The zero-order valence-corrected chi connectivity index (χ0v) is 16.7. The van der Waals surface area contributed by atoms with E-state index in [-0.39, 0.29) is 38.1 Å². The van der Waals surface area contributed by atoms with Crippen molar-refractivity contribution in [1.29, 1.82) is 0 Å². The fourth-order valence-corrected chi connectivity index (χ4v) is 3.11. The molecule has 156 valence electrons. The van der Waals surface area contributed by atoms with Crippen molar-refractivity contribution in [3.05, 3.63) is 0 Å². The van der Waals surface area contributed by atoms with Crippen LogP contribution in [-0.4, -0.2) is 56.2 Å². The minimum atomic E-state index is -0.809. The molecule has 7 heteroatoms. The van der Waals surface area contributed by atoms with Crippen LogP contribution in [0.5, 0.6) is 0 Å². The molecule has 0 bridgehead atoms. The van der Waals surface area contributed by atoms with E-state index in [9.17, 15) is 19.5 Å². The molecule has 1 fully saturated rings. The maximum absolute atomic E-state index is 12.3. The molecule has 1 unspecified atom stereocenters. The fourth-order valence-electron chi connectivity index (χ4n) is 3.11. The maximum Gasteiger partial charge on any atom is 0.308 e. The largest absolute Gasteiger partial charge is 0.465 e. The third-order valence-corrected chi connectivity index (χ3v) is 5.23. The van der Waals surface area contributed by atoms with Gasteiger partial charge in [0.15, 0.2) is 0 Å². The minimum Gasteiger partial charge on any atom is -0.465 e. The van der Waals surface area contributed by atoms with Gasteiger partial charge in [0.25, 0.3) is 0 Å². The highest BCUT2D eigenvalue weighted by Gasteiger charge is 2.31. The van der Waals surface area contributed by atoms with Gasteiger partial charge in [-0.1, -0.05) is 20.3 Å². The first-order chi connectivity index (χ1) is 12.9. The molecule has 1 atom stereocenters. The van der Waals surface area contributed by atoms with Crippen molar-refractivity contribution < 1.29 is 29.0 Å². The summed E-state index contributed by atoms with van der Waals surface area (Å²) in [6.45, 7) is 4.64. The molecule has 0 heterocycles. The van der Waals surface area contributed by atoms with E-state index in [0.29, 0.717) is 25.4 Å². The molecule has 1 rings (SSSR count). The van der Waals surface area contributed by atoms with Gasteiger partial charge < -0.3 is 24.7 Å². The summed E-state index contributed by atoms with van der Waals surface area (Å²) >= 11 is 0. The predicted molar refractivity (Wildman–Crippen MR) is 101 cm³/mol. The first kappa shape index (κ1) is 23.6. The van der Waals surface area contributed by atoms with Crippen LogP contribution in [0, 0.1) is 17.3 Å². The molecule has 0 spiro atoms. The van der Waals surface area contributed by atoms with E-state index in [1.54, 1.807) is 6.92 Å². The number of esters is 2. The van der Waals surface area contributed by atoms with E-state index in [2.05, 4.69) is 12.2 Å². The molecule has 1 aliphatic rings. The average molecular weight is 386 g/mol. The SMILES string of the molecule is CCC1CCC(C(=O)OCC(C)(CO)COC(=O)CCNCCC=O)CC1. The molecule has 1 saturated carbocycles. The van der Waals surface area contributed by atoms with Gasteiger partial charge in [-0.15, -0.1) is 0 Å². The Kier molecular flexibility index (Phi) is 11.2. The lowest BCUT2D eigenvalue weighted by Gasteiger charge is -2.29. The summed E-state index contributed by atoms with van der Waals surface area (Å²) in [7, 11) is 0. The summed E-state index contributed by atoms with van der Waals surface area (Å²) in [6, 6.07) is 0. The van der Waals surface area contributed by atoms with Crippen molar-refractivity contribution in [2.24, 2.45) is 17.3 Å². The van der Waals surface area contributed by atoms with Crippen molar-refractivity contribution in [2.45, 2.75) is 58.8 Å². The molecular formula is C20H35NO6. The Balaban J connectivity index is 2.28. The van der Waals surface area contributed by atoms with E-state index < -0.39 is 11.4 Å². The Morgan fingerprint density at radius 2 is 1.81 bits per heavy atom. The van der Waals surface area contributed by atoms with Crippen molar-refractivity contribution in [1.82, 2.24) is 5.32 Å².